The number of nitrogens with two attached hydrogens (primary N) is 1. The molecule has 0 aliphatic rings. The van der Waals surface area contributed by atoms with Crippen molar-refractivity contribution in [3.63, 3.8) is 0 Å². The molecule has 0 fully saturated rings. The summed E-state index contributed by atoms with van der Waals surface area (Å²) in [5.41, 5.74) is 5.88. The summed E-state index contributed by atoms with van der Waals surface area (Å²) in [5, 5.41) is 10.0. The third-order valence-corrected chi connectivity index (χ3v) is 2.12. The van der Waals surface area contributed by atoms with Crippen molar-refractivity contribution in [1.29, 1.82) is 0 Å². The van der Waals surface area contributed by atoms with E-state index in [2.05, 4.69) is 0 Å². The Hall–Kier alpha value is -0.770. The van der Waals surface area contributed by atoms with Crippen LogP contribution in [0.1, 0.15) is 11.7 Å². The highest BCUT2D eigenvalue weighted by Gasteiger charge is 2.14. The summed E-state index contributed by atoms with van der Waals surface area (Å²) >= 11 is 5.89. The molecule has 72 valence electrons. The molecular formula is C9H12ClNO2. The number of ether oxygens (including phenoxy) is 1. The predicted octanol–water partition coefficient (Wildman–Crippen LogP) is 1.34. The number of hydrogen-bond donors (Lipinski definition) is 2. The molecule has 3 N–H and O–H groups in total. The minimum Gasteiger partial charge on any atom is -0.496 e. The van der Waals surface area contributed by atoms with Gasteiger partial charge in [0.15, 0.2) is 0 Å². The van der Waals surface area contributed by atoms with E-state index in [1.165, 1.54) is 7.11 Å². The van der Waals surface area contributed by atoms with Crippen molar-refractivity contribution in [3.8, 4) is 5.75 Å². The zero-order chi connectivity index (χ0) is 9.84. The summed E-state index contributed by atoms with van der Waals surface area (Å²) < 4.78 is 5.05. The van der Waals surface area contributed by atoms with E-state index in [4.69, 9.17) is 22.1 Å². The van der Waals surface area contributed by atoms with Gasteiger partial charge in [0.1, 0.15) is 5.75 Å². The average molecular weight is 202 g/mol. The van der Waals surface area contributed by atoms with E-state index in [-0.39, 0.29) is 6.54 Å². The van der Waals surface area contributed by atoms with Crippen LogP contribution in [0.2, 0.25) is 5.02 Å². The number of benzene rings is 1. The number of aliphatic hydroxyl groups excluding tert-OH is 1. The smallest absolute Gasteiger partial charge is 0.126 e. The quantitative estimate of drug-likeness (QED) is 0.776. The van der Waals surface area contributed by atoms with Crippen molar-refractivity contribution in [2.24, 2.45) is 5.73 Å². The molecule has 0 aliphatic heterocycles. The Morgan fingerprint density at radius 2 is 2.31 bits per heavy atom. The van der Waals surface area contributed by atoms with Crippen molar-refractivity contribution < 1.29 is 9.84 Å². The lowest BCUT2D eigenvalue weighted by Gasteiger charge is -2.14. The van der Waals surface area contributed by atoms with E-state index in [0.29, 0.717) is 16.3 Å². The van der Waals surface area contributed by atoms with Gasteiger partial charge in [0.2, 0.25) is 0 Å². The largest absolute Gasteiger partial charge is 0.496 e. The first-order chi connectivity index (χ1) is 6.20. The van der Waals surface area contributed by atoms with E-state index < -0.39 is 6.10 Å². The van der Waals surface area contributed by atoms with Gasteiger partial charge in [-0.2, -0.15) is 0 Å². The van der Waals surface area contributed by atoms with Gasteiger partial charge in [-0.25, -0.2) is 0 Å². The summed E-state index contributed by atoms with van der Waals surface area (Å²) in [4.78, 5) is 0. The first-order valence-electron chi connectivity index (χ1n) is 3.91. The second-order valence-electron chi connectivity index (χ2n) is 2.61. The fraction of sp³-hybridized carbons (Fsp3) is 0.333. The van der Waals surface area contributed by atoms with Crippen LogP contribution in [-0.4, -0.2) is 18.8 Å². The molecule has 1 aromatic carbocycles. The Morgan fingerprint density at radius 3 is 2.85 bits per heavy atom. The van der Waals surface area contributed by atoms with Gasteiger partial charge in [0.05, 0.1) is 18.2 Å². The highest BCUT2D eigenvalue weighted by molar-refractivity contribution is 6.31. The van der Waals surface area contributed by atoms with Crippen LogP contribution in [0.15, 0.2) is 18.2 Å². The van der Waals surface area contributed by atoms with E-state index in [1.54, 1.807) is 18.2 Å². The molecule has 1 atom stereocenters. The van der Waals surface area contributed by atoms with Crippen LogP contribution in [0.4, 0.5) is 0 Å². The molecule has 0 aliphatic carbocycles. The summed E-state index contributed by atoms with van der Waals surface area (Å²) in [6.45, 7) is 0.125. The molecule has 0 bridgehead atoms. The van der Waals surface area contributed by atoms with Crippen LogP contribution in [0, 0.1) is 0 Å². The van der Waals surface area contributed by atoms with Crippen LogP contribution in [-0.2, 0) is 0 Å². The number of aliphatic hydroxyl groups is 1. The maximum Gasteiger partial charge on any atom is 0.126 e. The van der Waals surface area contributed by atoms with Gasteiger partial charge in [0.25, 0.3) is 0 Å². The number of hydrogen-bond acceptors (Lipinski definition) is 3. The molecule has 4 heteroatoms. The van der Waals surface area contributed by atoms with Crippen LogP contribution < -0.4 is 10.5 Å². The molecule has 0 saturated heterocycles. The Balaban J connectivity index is 3.14. The highest BCUT2D eigenvalue weighted by atomic mass is 35.5. The zero-order valence-corrected chi connectivity index (χ0v) is 8.08. The van der Waals surface area contributed by atoms with Gasteiger partial charge in [0, 0.05) is 12.1 Å². The maximum atomic E-state index is 9.53. The Morgan fingerprint density at radius 1 is 1.62 bits per heavy atom. The van der Waals surface area contributed by atoms with Crippen molar-refractivity contribution in [1.82, 2.24) is 0 Å². The predicted molar refractivity (Wildman–Crippen MR) is 52.0 cm³/mol. The van der Waals surface area contributed by atoms with Gasteiger partial charge < -0.3 is 15.6 Å². The third kappa shape index (κ3) is 2.12. The monoisotopic (exact) mass is 201 g/mol. The number of rotatable bonds is 3. The summed E-state index contributed by atoms with van der Waals surface area (Å²) in [6.07, 6.45) is -0.774. The fourth-order valence-corrected chi connectivity index (χ4v) is 1.43. The lowest BCUT2D eigenvalue weighted by Crippen LogP contribution is -2.13. The molecule has 0 aromatic heterocycles. The normalized spacial score (nSPS) is 12.6. The summed E-state index contributed by atoms with van der Waals surface area (Å²) in [6, 6.07) is 5.19. The van der Waals surface area contributed by atoms with E-state index in [1.807, 2.05) is 0 Å². The summed E-state index contributed by atoms with van der Waals surface area (Å²) in [7, 11) is 1.53. The SMILES string of the molecule is COc1cccc(Cl)c1[C@H](O)CN. The molecule has 1 aromatic rings. The number of halogens is 1. The van der Waals surface area contributed by atoms with Crippen molar-refractivity contribution in [2.75, 3.05) is 13.7 Å². The summed E-state index contributed by atoms with van der Waals surface area (Å²) in [5.74, 6) is 0.561. The second kappa shape index (κ2) is 4.46. The Kier molecular flexibility index (Phi) is 3.54. The molecule has 13 heavy (non-hydrogen) atoms. The van der Waals surface area contributed by atoms with Crippen LogP contribution in [0.5, 0.6) is 5.75 Å². The van der Waals surface area contributed by atoms with Gasteiger partial charge in [-0.05, 0) is 12.1 Å². The third-order valence-electron chi connectivity index (χ3n) is 1.79. The molecule has 0 radical (unpaired) electrons. The van der Waals surface area contributed by atoms with Gasteiger partial charge in [-0.15, -0.1) is 0 Å². The van der Waals surface area contributed by atoms with Crippen molar-refractivity contribution >= 4 is 11.6 Å². The van der Waals surface area contributed by atoms with E-state index in [0.717, 1.165) is 0 Å². The molecule has 0 heterocycles. The molecule has 0 saturated carbocycles. The molecule has 0 unspecified atom stereocenters. The van der Waals surface area contributed by atoms with E-state index >= 15 is 0 Å². The van der Waals surface area contributed by atoms with Crippen molar-refractivity contribution in [2.45, 2.75) is 6.10 Å². The fourth-order valence-electron chi connectivity index (χ4n) is 1.14. The molecule has 1 rings (SSSR count). The first-order valence-corrected chi connectivity index (χ1v) is 4.29. The van der Waals surface area contributed by atoms with E-state index in [9.17, 15) is 5.11 Å². The van der Waals surface area contributed by atoms with Crippen LogP contribution >= 0.6 is 11.6 Å². The molecule has 3 nitrogen and oxygen atoms in total. The zero-order valence-electron chi connectivity index (χ0n) is 7.33. The van der Waals surface area contributed by atoms with Gasteiger partial charge in [-0.1, -0.05) is 17.7 Å². The van der Waals surface area contributed by atoms with Gasteiger partial charge in [-0.3, -0.25) is 0 Å². The highest BCUT2D eigenvalue weighted by Crippen LogP contribution is 2.31. The average Bonchev–Trinajstić information content (AvgIpc) is 2.16. The molecular weight excluding hydrogens is 190 g/mol. The topological polar surface area (TPSA) is 55.5 Å². The Bertz CT molecular complexity index is 291. The maximum absolute atomic E-state index is 9.53. The molecule has 0 spiro atoms. The lowest BCUT2D eigenvalue weighted by molar-refractivity contribution is 0.182. The second-order valence-corrected chi connectivity index (χ2v) is 3.01. The number of methoxy groups -OCH3 is 1. The Labute approximate surface area is 82.1 Å². The minimum atomic E-state index is -0.774. The first kappa shape index (κ1) is 10.3. The standard InChI is InChI=1S/C9H12ClNO2/c1-13-8-4-2-3-6(10)9(8)7(12)5-11/h2-4,7,12H,5,11H2,1H3/t7-/m1/s1. The van der Waals surface area contributed by atoms with Crippen molar-refractivity contribution in [3.05, 3.63) is 28.8 Å². The minimum absolute atomic E-state index is 0.125. The lowest BCUT2D eigenvalue weighted by atomic mass is 10.1. The van der Waals surface area contributed by atoms with Gasteiger partial charge >= 0.3 is 0 Å². The van der Waals surface area contributed by atoms with Crippen LogP contribution in [0.3, 0.4) is 0 Å². The molecule has 0 amide bonds. The van der Waals surface area contributed by atoms with Crippen LogP contribution in [0.25, 0.3) is 0 Å².